The predicted octanol–water partition coefficient (Wildman–Crippen LogP) is 2.20. The topological polar surface area (TPSA) is 66.7 Å². The van der Waals surface area contributed by atoms with Gasteiger partial charge in [0.05, 0.1) is 9.80 Å². The number of benzene rings is 1. The van der Waals surface area contributed by atoms with Crippen LogP contribution in [0.2, 0.25) is 0 Å². The molecule has 0 radical (unpaired) electrons. The fraction of sp³-hybridized carbons (Fsp3) is 0.357. The normalized spacial score (nSPS) is 16.3. The smallest absolute Gasteiger partial charge is 0.270 e. The van der Waals surface area contributed by atoms with Crippen molar-refractivity contribution in [1.29, 1.82) is 0 Å². The highest BCUT2D eigenvalue weighted by Crippen LogP contribution is 2.29. The van der Waals surface area contributed by atoms with Crippen LogP contribution in [-0.2, 0) is 0 Å². The largest absolute Gasteiger partial charge is 0.335 e. The van der Waals surface area contributed by atoms with Crippen molar-refractivity contribution in [3.05, 3.63) is 39.3 Å². The van der Waals surface area contributed by atoms with Crippen LogP contribution in [0.4, 0.5) is 5.69 Å². The number of rotatable bonds is 2. The molecule has 110 valence electrons. The zero-order valence-electron chi connectivity index (χ0n) is 11.6. The number of amides is 1. The van der Waals surface area contributed by atoms with Crippen molar-refractivity contribution in [3.8, 4) is 0 Å². The first-order valence-corrected chi connectivity index (χ1v) is 7.52. The summed E-state index contributed by atoms with van der Waals surface area (Å²) in [5.41, 5.74) is 0.0545. The highest BCUT2D eigenvalue weighted by molar-refractivity contribution is 7.20. The molecule has 3 rings (SSSR count). The third kappa shape index (κ3) is 2.74. The van der Waals surface area contributed by atoms with Crippen LogP contribution >= 0.6 is 11.3 Å². The maximum Gasteiger partial charge on any atom is 0.270 e. The van der Waals surface area contributed by atoms with Crippen LogP contribution in [0.5, 0.6) is 0 Å². The maximum absolute atomic E-state index is 12.5. The van der Waals surface area contributed by atoms with Crippen LogP contribution < -0.4 is 0 Å². The third-order valence-electron chi connectivity index (χ3n) is 3.71. The standard InChI is InChI=1S/C14H15N3O3S/c1-15-4-6-16(7-5-15)14(18)13-9-10-8-11(17(19)20)2-3-12(10)21-13/h2-3,8-9H,4-7H2,1H3. The molecular formula is C14H15N3O3S. The molecule has 1 aliphatic rings. The molecule has 1 amide bonds. The van der Waals surface area contributed by atoms with E-state index in [1.54, 1.807) is 12.1 Å². The molecule has 2 aromatic rings. The fourth-order valence-electron chi connectivity index (χ4n) is 2.42. The van der Waals surface area contributed by atoms with Crippen molar-refractivity contribution in [2.45, 2.75) is 0 Å². The average molecular weight is 305 g/mol. The molecule has 1 fully saturated rings. The lowest BCUT2D eigenvalue weighted by Crippen LogP contribution is -2.46. The number of nitro benzene ring substituents is 1. The average Bonchev–Trinajstić information content (AvgIpc) is 2.90. The number of hydrogen-bond donors (Lipinski definition) is 0. The minimum atomic E-state index is -0.418. The van der Waals surface area contributed by atoms with E-state index in [1.165, 1.54) is 23.5 Å². The van der Waals surface area contributed by atoms with Crippen LogP contribution in [0.15, 0.2) is 24.3 Å². The van der Waals surface area contributed by atoms with Crippen LogP contribution in [0.25, 0.3) is 10.1 Å². The minimum Gasteiger partial charge on any atom is -0.335 e. The van der Waals surface area contributed by atoms with E-state index < -0.39 is 4.92 Å². The first-order chi connectivity index (χ1) is 10.0. The Balaban J connectivity index is 1.86. The first-order valence-electron chi connectivity index (χ1n) is 6.70. The summed E-state index contributed by atoms with van der Waals surface area (Å²) in [4.78, 5) is 27.5. The lowest BCUT2D eigenvalue weighted by atomic mass is 10.2. The van der Waals surface area contributed by atoms with Gasteiger partial charge in [-0.2, -0.15) is 0 Å². The van der Waals surface area contributed by atoms with Crippen molar-refractivity contribution < 1.29 is 9.72 Å². The Morgan fingerprint density at radius 2 is 1.95 bits per heavy atom. The van der Waals surface area contributed by atoms with E-state index >= 15 is 0 Å². The predicted molar refractivity (Wildman–Crippen MR) is 81.9 cm³/mol. The van der Waals surface area contributed by atoms with Crippen molar-refractivity contribution in [2.24, 2.45) is 0 Å². The number of carbonyl (C=O) groups is 1. The number of likely N-dealkylation sites (N-methyl/N-ethyl adjacent to an activating group) is 1. The Morgan fingerprint density at radius 1 is 1.24 bits per heavy atom. The highest BCUT2D eigenvalue weighted by Gasteiger charge is 2.22. The van der Waals surface area contributed by atoms with Gasteiger partial charge in [0.2, 0.25) is 0 Å². The number of carbonyl (C=O) groups excluding carboxylic acids is 1. The molecule has 0 bridgehead atoms. The van der Waals surface area contributed by atoms with Crippen LogP contribution in [0, 0.1) is 10.1 Å². The minimum absolute atomic E-state index is 0.0203. The number of fused-ring (bicyclic) bond motifs is 1. The van der Waals surface area contributed by atoms with Gasteiger partial charge in [-0.05, 0) is 19.2 Å². The number of piperazine rings is 1. The molecule has 1 saturated heterocycles. The molecule has 21 heavy (non-hydrogen) atoms. The number of non-ortho nitro benzene ring substituents is 1. The van der Waals surface area contributed by atoms with E-state index in [-0.39, 0.29) is 11.6 Å². The second kappa shape index (κ2) is 5.42. The fourth-order valence-corrected chi connectivity index (χ4v) is 3.43. The SMILES string of the molecule is CN1CCN(C(=O)c2cc3cc([N+](=O)[O-])ccc3s2)CC1. The molecule has 0 N–H and O–H groups in total. The molecule has 0 aliphatic carbocycles. The zero-order chi connectivity index (χ0) is 15.0. The van der Waals surface area contributed by atoms with Gasteiger partial charge in [-0.15, -0.1) is 11.3 Å². The summed E-state index contributed by atoms with van der Waals surface area (Å²) in [6.45, 7) is 3.21. The Kier molecular flexibility index (Phi) is 3.60. The van der Waals surface area contributed by atoms with Gasteiger partial charge in [-0.25, -0.2) is 0 Å². The molecule has 0 spiro atoms. The van der Waals surface area contributed by atoms with E-state index in [4.69, 9.17) is 0 Å². The van der Waals surface area contributed by atoms with Crippen molar-refractivity contribution in [1.82, 2.24) is 9.80 Å². The second-order valence-electron chi connectivity index (χ2n) is 5.19. The van der Waals surface area contributed by atoms with Gasteiger partial charge < -0.3 is 9.80 Å². The van der Waals surface area contributed by atoms with E-state index in [2.05, 4.69) is 4.90 Å². The van der Waals surface area contributed by atoms with Crippen molar-refractivity contribution in [3.63, 3.8) is 0 Å². The van der Waals surface area contributed by atoms with Crippen LogP contribution in [-0.4, -0.2) is 53.9 Å². The molecule has 7 heteroatoms. The highest BCUT2D eigenvalue weighted by atomic mass is 32.1. The summed E-state index contributed by atoms with van der Waals surface area (Å²) >= 11 is 1.39. The zero-order valence-corrected chi connectivity index (χ0v) is 12.4. The van der Waals surface area contributed by atoms with Gasteiger partial charge in [-0.3, -0.25) is 14.9 Å². The summed E-state index contributed by atoms with van der Waals surface area (Å²) in [5.74, 6) is 0.0203. The summed E-state index contributed by atoms with van der Waals surface area (Å²) in [6, 6.07) is 6.46. The lowest BCUT2D eigenvalue weighted by molar-refractivity contribution is -0.384. The molecule has 1 aromatic carbocycles. The van der Waals surface area contributed by atoms with E-state index in [1.807, 2.05) is 11.9 Å². The number of nitro groups is 1. The number of thiophene rings is 1. The van der Waals surface area contributed by atoms with Gasteiger partial charge in [0.25, 0.3) is 11.6 Å². The Labute approximate surface area is 125 Å². The third-order valence-corrected chi connectivity index (χ3v) is 4.82. The van der Waals surface area contributed by atoms with Gasteiger partial charge in [0.15, 0.2) is 0 Å². The van der Waals surface area contributed by atoms with Gasteiger partial charge in [0, 0.05) is 48.4 Å². The summed E-state index contributed by atoms with van der Waals surface area (Å²) in [5, 5.41) is 11.5. The van der Waals surface area contributed by atoms with E-state index in [0.29, 0.717) is 4.88 Å². The lowest BCUT2D eigenvalue weighted by Gasteiger charge is -2.32. The quantitative estimate of drug-likeness (QED) is 0.630. The monoisotopic (exact) mass is 305 g/mol. The second-order valence-corrected chi connectivity index (χ2v) is 6.27. The van der Waals surface area contributed by atoms with Gasteiger partial charge in [0.1, 0.15) is 0 Å². The van der Waals surface area contributed by atoms with Crippen LogP contribution in [0.3, 0.4) is 0 Å². The maximum atomic E-state index is 12.5. The van der Waals surface area contributed by atoms with Crippen LogP contribution in [0.1, 0.15) is 9.67 Å². The summed E-state index contributed by atoms with van der Waals surface area (Å²) < 4.78 is 0.901. The van der Waals surface area contributed by atoms with Crippen molar-refractivity contribution >= 4 is 33.0 Å². The van der Waals surface area contributed by atoms with Crippen molar-refractivity contribution in [2.75, 3.05) is 33.2 Å². The Bertz CT molecular complexity index is 705. The molecule has 0 saturated carbocycles. The molecule has 0 atom stereocenters. The van der Waals surface area contributed by atoms with Gasteiger partial charge >= 0.3 is 0 Å². The molecular weight excluding hydrogens is 290 g/mol. The number of hydrogen-bond acceptors (Lipinski definition) is 5. The Morgan fingerprint density at radius 3 is 2.62 bits per heavy atom. The van der Waals surface area contributed by atoms with Gasteiger partial charge in [-0.1, -0.05) is 0 Å². The molecule has 1 aliphatic heterocycles. The first kappa shape index (κ1) is 14.0. The Hall–Kier alpha value is -1.99. The number of nitrogens with zero attached hydrogens (tertiary/aromatic N) is 3. The summed E-state index contributed by atoms with van der Waals surface area (Å²) in [7, 11) is 2.04. The van der Waals surface area contributed by atoms with E-state index in [0.717, 1.165) is 36.3 Å². The molecule has 1 aromatic heterocycles. The summed E-state index contributed by atoms with van der Waals surface area (Å²) in [6.07, 6.45) is 0. The molecule has 6 nitrogen and oxygen atoms in total. The molecule has 0 unspecified atom stereocenters. The molecule has 2 heterocycles. The van der Waals surface area contributed by atoms with E-state index in [9.17, 15) is 14.9 Å².